The summed E-state index contributed by atoms with van der Waals surface area (Å²) < 4.78 is 24.2. The van der Waals surface area contributed by atoms with E-state index >= 15 is 0 Å². The van der Waals surface area contributed by atoms with Crippen LogP contribution in [0.2, 0.25) is 0 Å². The van der Waals surface area contributed by atoms with Gasteiger partial charge in [0.15, 0.2) is 0 Å². The van der Waals surface area contributed by atoms with Gasteiger partial charge in [-0.25, -0.2) is 4.98 Å². The van der Waals surface area contributed by atoms with Crippen molar-refractivity contribution in [3.8, 4) is 0 Å². The smallest absolute Gasteiger partial charge is 0.347 e. The summed E-state index contributed by atoms with van der Waals surface area (Å²) in [5.41, 5.74) is -0.411. The molecule has 7 nitrogen and oxygen atoms in total. The third-order valence-electron chi connectivity index (χ3n) is 4.80. The van der Waals surface area contributed by atoms with Crippen LogP contribution in [0.4, 0.5) is 0 Å². The molecule has 0 saturated heterocycles. The predicted octanol–water partition coefficient (Wildman–Crippen LogP) is 4.51. The number of nitrogens with zero attached hydrogens (tertiary/aromatic N) is 2. The van der Waals surface area contributed by atoms with Crippen LogP contribution in [0.1, 0.15) is 34.1 Å². The van der Waals surface area contributed by atoms with Gasteiger partial charge in [0.1, 0.15) is 10.8 Å². The Bertz CT molecular complexity index is 677. The van der Waals surface area contributed by atoms with Crippen molar-refractivity contribution in [2.24, 2.45) is 5.41 Å². The summed E-state index contributed by atoms with van der Waals surface area (Å²) in [4.78, 5) is 18.2. The molecule has 3 atom stereocenters. The van der Waals surface area contributed by atoms with E-state index in [-0.39, 0.29) is 17.8 Å². The lowest BCUT2D eigenvalue weighted by atomic mass is 9.87. The number of carbonyl (C=O) groups excluding carboxylic acids is 1. The summed E-state index contributed by atoms with van der Waals surface area (Å²) >= 11 is 0. The highest BCUT2D eigenvalue weighted by Crippen LogP contribution is 2.55. The van der Waals surface area contributed by atoms with Crippen LogP contribution >= 0.6 is 29.2 Å². The predicted molar refractivity (Wildman–Crippen MR) is 122 cm³/mol. The van der Waals surface area contributed by atoms with Crippen molar-refractivity contribution in [3.63, 3.8) is 0 Å². The molecule has 0 aliphatic rings. The Morgan fingerprint density at radius 1 is 1.34 bits per heavy atom. The van der Waals surface area contributed by atoms with Crippen LogP contribution in [0, 0.1) is 5.41 Å². The summed E-state index contributed by atoms with van der Waals surface area (Å²) in [6, 6.07) is 5.76. The average molecular weight is 464 g/mol. The third kappa shape index (κ3) is 8.99. The first-order valence-corrected chi connectivity index (χ1v) is 13.4. The van der Waals surface area contributed by atoms with Gasteiger partial charge in [0.05, 0.1) is 6.10 Å². The van der Waals surface area contributed by atoms with E-state index in [2.05, 4.69) is 10.3 Å². The van der Waals surface area contributed by atoms with E-state index in [9.17, 15) is 9.36 Å². The second kappa shape index (κ2) is 12.3. The highest BCUT2D eigenvalue weighted by atomic mass is 33.1. The number of carbonyl (C=O) groups is 1. The molecule has 0 bridgehead atoms. The van der Waals surface area contributed by atoms with E-state index in [1.165, 1.54) is 7.11 Å². The normalized spacial score (nSPS) is 16.3. The molecule has 1 aromatic rings. The molecule has 1 aromatic heterocycles. The Balaban J connectivity index is 2.43. The first-order valence-electron chi connectivity index (χ1n) is 9.49. The summed E-state index contributed by atoms with van der Waals surface area (Å²) in [7, 11) is 4.94. The minimum absolute atomic E-state index is 0.0176. The molecule has 0 aliphatic carbocycles. The number of aromatic nitrogens is 1. The highest BCUT2D eigenvalue weighted by molar-refractivity contribution is 8.76. The van der Waals surface area contributed by atoms with Gasteiger partial charge >= 0.3 is 7.60 Å². The van der Waals surface area contributed by atoms with Gasteiger partial charge in [-0.15, -0.1) is 0 Å². The zero-order chi connectivity index (χ0) is 22.1. The fourth-order valence-electron chi connectivity index (χ4n) is 2.12. The number of hydrogen-bond donors (Lipinski definition) is 1. The van der Waals surface area contributed by atoms with Crippen molar-refractivity contribution in [1.82, 2.24) is 15.2 Å². The topological polar surface area (TPSA) is 80.8 Å². The van der Waals surface area contributed by atoms with Crippen molar-refractivity contribution in [2.45, 2.75) is 51.0 Å². The number of nitrogens with one attached hydrogen (secondary N) is 1. The van der Waals surface area contributed by atoms with Crippen molar-refractivity contribution in [1.29, 1.82) is 0 Å². The SMILES string of the molecule is COP(=O)(OC(C)C(C)(C)CNC(=O)CCSSc1ccccn1)C(C)N(C)C. The van der Waals surface area contributed by atoms with E-state index in [0.29, 0.717) is 18.7 Å². The zero-order valence-electron chi connectivity index (χ0n) is 18.4. The molecule has 1 heterocycles. The molecule has 29 heavy (non-hydrogen) atoms. The molecular formula is C19H34N3O4PS2. The van der Waals surface area contributed by atoms with E-state index in [1.807, 2.05) is 64.9 Å². The molecule has 1 amide bonds. The van der Waals surface area contributed by atoms with Crippen molar-refractivity contribution in [2.75, 3.05) is 33.5 Å². The van der Waals surface area contributed by atoms with Crippen LogP contribution in [0.5, 0.6) is 0 Å². The molecule has 1 rings (SSSR count). The zero-order valence-corrected chi connectivity index (χ0v) is 20.9. The van der Waals surface area contributed by atoms with Crippen LogP contribution in [0.15, 0.2) is 29.4 Å². The molecule has 0 aromatic carbocycles. The molecule has 0 radical (unpaired) electrons. The maximum atomic E-state index is 13.0. The minimum Gasteiger partial charge on any atom is -0.355 e. The van der Waals surface area contributed by atoms with Crippen molar-refractivity contribution in [3.05, 3.63) is 24.4 Å². The molecule has 0 saturated carbocycles. The largest absolute Gasteiger partial charge is 0.355 e. The van der Waals surface area contributed by atoms with Gasteiger partial charge in [-0.1, -0.05) is 30.7 Å². The lowest BCUT2D eigenvalue weighted by Gasteiger charge is -2.36. The van der Waals surface area contributed by atoms with Crippen LogP contribution in [0.25, 0.3) is 0 Å². The standard InChI is InChI=1S/C19H34N3O4PS2/c1-15(26-27(24,25-7)16(2)22(5)6)19(3,4)14-21-17(23)11-13-28-29-18-10-8-9-12-20-18/h8-10,12,15-16H,11,13-14H2,1-7H3,(H,21,23). The number of amides is 1. The number of rotatable bonds is 13. The molecule has 10 heteroatoms. The maximum Gasteiger partial charge on any atom is 0.347 e. The highest BCUT2D eigenvalue weighted by Gasteiger charge is 2.39. The second-order valence-electron chi connectivity index (χ2n) is 7.65. The Hall–Kier alpha value is -0.570. The van der Waals surface area contributed by atoms with Gasteiger partial charge in [0, 0.05) is 37.4 Å². The van der Waals surface area contributed by atoms with Gasteiger partial charge in [-0.2, -0.15) is 0 Å². The van der Waals surface area contributed by atoms with Gasteiger partial charge < -0.3 is 14.4 Å². The molecule has 0 aliphatic heterocycles. The van der Waals surface area contributed by atoms with Crippen molar-refractivity contribution < 1.29 is 18.4 Å². The number of pyridine rings is 1. The van der Waals surface area contributed by atoms with Gasteiger partial charge in [0.25, 0.3) is 0 Å². The molecule has 0 spiro atoms. The monoisotopic (exact) mass is 463 g/mol. The first-order chi connectivity index (χ1) is 13.5. The van der Waals surface area contributed by atoms with Gasteiger partial charge in [-0.05, 0) is 50.9 Å². The van der Waals surface area contributed by atoms with Crippen molar-refractivity contribution >= 4 is 35.1 Å². The summed E-state index contributed by atoms with van der Waals surface area (Å²) in [6.45, 7) is 8.05. The summed E-state index contributed by atoms with van der Waals surface area (Å²) in [5.74, 6) is 0.309. The summed E-state index contributed by atoms with van der Waals surface area (Å²) in [5, 5.41) is 3.89. The van der Waals surface area contributed by atoms with E-state index in [0.717, 1.165) is 5.03 Å². The van der Waals surface area contributed by atoms with Crippen LogP contribution in [-0.2, 0) is 18.4 Å². The fourth-order valence-corrected chi connectivity index (χ4v) is 5.85. The molecule has 166 valence electrons. The van der Waals surface area contributed by atoms with Gasteiger partial charge in [-0.3, -0.25) is 14.3 Å². The summed E-state index contributed by atoms with van der Waals surface area (Å²) in [6.07, 6.45) is 1.80. The quantitative estimate of drug-likeness (QED) is 0.260. The Labute approximate surface area is 183 Å². The average Bonchev–Trinajstić information content (AvgIpc) is 2.69. The second-order valence-corrected chi connectivity index (χ2v) is 12.5. The minimum atomic E-state index is -3.30. The van der Waals surface area contributed by atoms with E-state index < -0.39 is 13.0 Å². The molecule has 0 fully saturated rings. The lowest BCUT2D eigenvalue weighted by molar-refractivity contribution is -0.121. The number of hydrogen-bond acceptors (Lipinski definition) is 8. The fraction of sp³-hybridized carbons (Fsp3) is 0.684. The Morgan fingerprint density at radius 2 is 2.03 bits per heavy atom. The van der Waals surface area contributed by atoms with Crippen LogP contribution in [0.3, 0.4) is 0 Å². The first kappa shape index (κ1) is 26.5. The van der Waals surface area contributed by atoms with Gasteiger partial charge in [0.2, 0.25) is 5.91 Å². The third-order valence-corrected chi connectivity index (χ3v) is 9.56. The Morgan fingerprint density at radius 3 is 2.59 bits per heavy atom. The lowest BCUT2D eigenvalue weighted by Crippen LogP contribution is -2.42. The van der Waals surface area contributed by atoms with Crippen LogP contribution in [-0.4, -0.2) is 61.2 Å². The van der Waals surface area contributed by atoms with E-state index in [4.69, 9.17) is 9.05 Å². The van der Waals surface area contributed by atoms with Crippen LogP contribution < -0.4 is 5.32 Å². The Kier molecular flexibility index (Phi) is 11.2. The molecular weight excluding hydrogens is 429 g/mol. The molecule has 1 N–H and O–H groups in total. The maximum absolute atomic E-state index is 13.0. The molecule has 3 unspecified atom stereocenters. The van der Waals surface area contributed by atoms with E-state index in [1.54, 1.807) is 27.8 Å².